The predicted octanol–water partition coefficient (Wildman–Crippen LogP) is 3.28. The van der Waals surface area contributed by atoms with E-state index in [9.17, 15) is 4.39 Å². The molecule has 1 nitrogen and oxygen atoms in total. The Bertz CT molecular complexity index is 267. The molecule has 0 aliphatic carbocycles. The zero-order valence-corrected chi connectivity index (χ0v) is 8.95. The molecule has 0 saturated carbocycles. The highest BCUT2D eigenvalue weighted by Crippen LogP contribution is 2.32. The van der Waals surface area contributed by atoms with Gasteiger partial charge in [-0.15, -0.1) is 12.6 Å². The van der Waals surface area contributed by atoms with Crippen LogP contribution >= 0.6 is 28.6 Å². The molecule has 0 N–H and O–H groups in total. The molecule has 0 heterocycles. The molecule has 1 aromatic rings. The lowest BCUT2D eigenvalue weighted by molar-refractivity contribution is 0.329. The van der Waals surface area contributed by atoms with Crippen molar-refractivity contribution in [3.63, 3.8) is 0 Å². The Morgan fingerprint density at radius 3 is 2.75 bits per heavy atom. The van der Waals surface area contributed by atoms with Crippen LogP contribution in [0.1, 0.15) is 6.92 Å². The van der Waals surface area contributed by atoms with Crippen molar-refractivity contribution in [1.82, 2.24) is 0 Å². The van der Waals surface area contributed by atoms with Crippen LogP contribution in [0.4, 0.5) is 4.39 Å². The van der Waals surface area contributed by atoms with Crippen molar-refractivity contribution in [2.75, 3.05) is 6.61 Å². The highest BCUT2D eigenvalue weighted by atomic mass is 79.9. The summed E-state index contributed by atoms with van der Waals surface area (Å²) < 4.78 is 18.5. The molecule has 0 atom stereocenters. The molecule has 1 rings (SSSR count). The number of hydrogen-bond acceptors (Lipinski definition) is 2. The Labute approximate surface area is 84.5 Å². The first-order chi connectivity index (χ1) is 5.65. The third-order valence-corrected chi connectivity index (χ3v) is 2.20. The van der Waals surface area contributed by atoms with E-state index in [1.807, 2.05) is 6.92 Å². The van der Waals surface area contributed by atoms with E-state index in [1.165, 1.54) is 12.1 Å². The van der Waals surface area contributed by atoms with Gasteiger partial charge in [0.2, 0.25) is 0 Å². The van der Waals surface area contributed by atoms with Gasteiger partial charge in [-0.1, -0.05) is 0 Å². The minimum absolute atomic E-state index is 0.324. The minimum atomic E-state index is -0.324. The third kappa shape index (κ3) is 2.14. The predicted molar refractivity (Wildman–Crippen MR) is 52.5 cm³/mol. The van der Waals surface area contributed by atoms with Crippen LogP contribution in [0.5, 0.6) is 5.75 Å². The Hall–Kier alpha value is -0.220. The average molecular weight is 251 g/mol. The maximum absolute atomic E-state index is 12.7. The Morgan fingerprint density at radius 1 is 1.58 bits per heavy atom. The number of thiol groups is 1. The van der Waals surface area contributed by atoms with Crippen LogP contribution in [-0.4, -0.2) is 6.61 Å². The van der Waals surface area contributed by atoms with Crippen LogP contribution in [0, 0.1) is 5.82 Å². The molecule has 0 unspecified atom stereocenters. The summed E-state index contributed by atoms with van der Waals surface area (Å²) in [5.74, 6) is 0.262. The molecule has 66 valence electrons. The first kappa shape index (κ1) is 9.86. The zero-order valence-electron chi connectivity index (χ0n) is 6.47. The molecule has 0 fully saturated rings. The van der Waals surface area contributed by atoms with Crippen molar-refractivity contribution in [1.29, 1.82) is 0 Å². The molecule has 0 aromatic heterocycles. The number of rotatable bonds is 2. The molecule has 0 radical (unpaired) electrons. The monoisotopic (exact) mass is 250 g/mol. The van der Waals surface area contributed by atoms with Gasteiger partial charge in [-0.25, -0.2) is 4.39 Å². The third-order valence-electron chi connectivity index (χ3n) is 1.28. The highest BCUT2D eigenvalue weighted by Gasteiger charge is 2.06. The van der Waals surface area contributed by atoms with E-state index >= 15 is 0 Å². The van der Waals surface area contributed by atoms with Gasteiger partial charge in [0, 0.05) is 0 Å². The Morgan fingerprint density at radius 2 is 2.25 bits per heavy atom. The Balaban J connectivity index is 3.10. The average Bonchev–Trinajstić information content (AvgIpc) is 1.96. The molecule has 0 aliphatic rings. The maximum Gasteiger partial charge on any atom is 0.146 e. The summed E-state index contributed by atoms with van der Waals surface area (Å²) in [6, 6.07) is 2.67. The highest BCUT2D eigenvalue weighted by molar-refractivity contribution is 9.10. The van der Waals surface area contributed by atoms with Gasteiger partial charge >= 0.3 is 0 Å². The van der Waals surface area contributed by atoms with Crippen molar-refractivity contribution in [2.24, 2.45) is 0 Å². The fourth-order valence-electron chi connectivity index (χ4n) is 0.834. The van der Waals surface area contributed by atoms with E-state index in [-0.39, 0.29) is 5.82 Å². The van der Waals surface area contributed by atoms with Crippen molar-refractivity contribution in [3.8, 4) is 5.75 Å². The lowest BCUT2D eigenvalue weighted by Gasteiger charge is -2.07. The summed E-state index contributed by atoms with van der Waals surface area (Å²) in [4.78, 5) is 0.503. The summed E-state index contributed by atoms with van der Waals surface area (Å²) >= 11 is 7.26. The van der Waals surface area contributed by atoms with Gasteiger partial charge in [0.1, 0.15) is 11.6 Å². The van der Waals surface area contributed by atoms with Crippen LogP contribution in [0.25, 0.3) is 0 Å². The molecule has 0 amide bonds. The number of ether oxygens (including phenoxy) is 1. The second-order valence-electron chi connectivity index (χ2n) is 2.17. The van der Waals surface area contributed by atoms with Crippen molar-refractivity contribution < 1.29 is 9.13 Å². The molecule has 1 aromatic carbocycles. The van der Waals surface area contributed by atoms with E-state index in [1.54, 1.807) is 0 Å². The quantitative estimate of drug-likeness (QED) is 0.793. The second-order valence-corrected chi connectivity index (χ2v) is 3.51. The fourth-order valence-corrected chi connectivity index (χ4v) is 1.84. The SMILES string of the molecule is CCOc1c(S)cc(F)cc1Br. The molecule has 0 bridgehead atoms. The van der Waals surface area contributed by atoms with Crippen LogP contribution in [0.3, 0.4) is 0 Å². The van der Waals surface area contributed by atoms with Crippen LogP contribution in [-0.2, 0) is 0 Å². The van der Waals surface area contributed by atoms with E-state index in [0.29, 0.717) is 21.7 Å². The van der Waals surface area contributed by atoms with Crippen LogP contribution < -0.4 is 4.74 Å². The molecule has 12 heavy (non-hydrogen) atoms. The van der Waals surface area contributed by atoms with E-state index in [4.69, 9.17) is 4.74 Å². The van der Waals surface area contributed by atoms with Gasteiger partial charge in [0.25, 0.3) is 0 Å². The van der Waals surface area contributed by atoms with Gasteiger partial charge in [0.05, 0.1) is 16.0 Å². The second kappa shape index (κ2) is 4.14. The summed E-state index contributed by atoms with van der Waals surface area (Å²) in [7, 11) is 0. The summed E-state index contributed by atoms with van der Waals surface area (Å²) in [6.07, 6.45) is 0. The Kier molecular flexibility index (Phi) is 3.40. The normalized spacial score (nSPS) is 10.0. The number of halogens is 2. The lowest BCUT2D eigenvalue weighted by atomic mass is 10.3. The van der Waals surface area contributed by atoms with E-state index in [0.717, 1.165) is 0 Å². The standard InChI is InChI=1S/C8H8BrFOS/c1-2-11-8-6(9)3-5(10)4-7(8)12/h3-4,12H,2H2,1H3. The lowest BCUT2D eigenvalue weighted by Crippen LogP contribution is -1.94. The fraction of sp³-hybridized carbons (Fsp3) is 0.250. The van der Waals surface area contributed by atoms with Crippen molar-refractivity contribution in [3.05, 3.63) is 22.4 Å². The van der Waals surface area contributed by atoms with Gasteiger partial charge < -0.3 is 4.74 Å². The largest absolute Gasteiger partial charge is 0.492 e. The van der Waals surface area contributed by atoms with E-state index < -0.39 is 0 Å². The van der Waals surface area contributed by atoms with Gasteiger partial charge in [-0.3, -0.25) is 0 Å². The molecule has 4 heteroatoms. The number of benzene rings is 1. The van der Waals surface area contributed by atoms with Crippen molar-refractivity contribution >= 4 is 28.6 Å². The maximum atomic E-state index is 12.7. The van der Waals surface area contributed by atoms with Gasteiger partial charge in [-0.2, -0.15) is 0 Å². The van der Waals surface area contributed by atoms with Crippen LogP contribution in [0.15, 0.2) is 21.5 Å². The summed E-state index contributed by atoms with van der Waals surface area (Å²) in [6.45, 7) is 2.40. The zero-order chi connectivity index (χ0) is 9.14. The summed E-state index contributed by atoms with van der Waals surface area (Å²) in [5.41, 5.74) is 0. The topological polar surface area (TPSA) is 9.23 Å². The molecule has 0 aliphatic heterocycles. The van der Waals surface area contributed by atoms with Crippen LogP contribution in [0.2, 0.25) is 0 Å². The van der Waals surface area contributed by atoms with Crippen molar-refractivity contribution in [2.45, 2.75) is 11.8 Å². The molecular weight excluding hydrogens is 243 g/mol. The van der Waals surface area contributed by atoms with Gasteiger partial charge in [-0.05, 0) is 35.0 Å². The molecular formula is C8H8BrFOS. The van der Waals surface area contributed by atoms with Gasteiger partial charge in [0.15, 0.2) is 0 Å². The minimum Gasteiger partial charge on any atom is -0.492 e. The first-order valence-electron chi connectivity index (χ1n) is 3.46. The smallest absolute Gasteiger partial charge is 0.146 e. The summed E-state index contributed by atoms with van der Waals surface area (Å²) in [5, 5.41) is 0. The van der Waals surface area contributed by atoms with E-state index in [2.05, 4.69) is 28.6 Å². The number of hydrogen-bond donors (Lipinski definition) is 1. The first-order valence-corrected chi connectivity index (χ1v) is 4.70. The molecule has 0 saturated heterocycles. The molecule has 0 spiro atoms.